The smallest absolute Gasteiger partial charge is 0.215 e. The molecule has 0 aliphatic carbocycles. The molecule has 0 saturated heterocycles. The third kappa shape index (κ3) is 3.06. The molecule has 0 radical (unpaired) electrons. The normalized spacial score (nSPS) is 12.5. The van der Waals surface area contributed by atoms with Crippen molar-refractivity contribution in [3.05, 3.63) is 11.8 Å². The van der Waals surface area contributed by atoms with Crippen LogP contribution in [0.3, 0.4) is 0 Å². The van der Waals surface area contributed by atoms with Gasteiger partial charge in [-0.3, -0.25) is 4.79 Å². The fourth-order valence-electron chi connectivity index (χ4n) is 1.36. The zero-order chi connectivity index (χ0) is 11.4. The Bertz CT molecular complexity index is 332. The molecule has 0 aliphatic heterocycles. The van der Waals surface area contributed by atoms with Gasteiger partial charge in [-0.2, -0.15) is 5.10 Å². The summed E-state index contributed by atoms with van der Waals surface area (Å²) < 4.78 is 1.81. The molecule has 1 aromatic heterocycles. The first-order valence-electron chi connectivity index (χ1n) is 5.02. The Balaban J connectivity index is 2.81. The van der Waals surface area contributed by atoms with Gasteiger partial charge in [-0.1, -0.05) is 0 Å². The van der Waals surface area contributed by atoms with Crippen LogP contribution in [0.15, 0.2) is 6.07 Å². The Labute approximate surface area is 89.9 Å². The van der Waals surface area contributed by atoms with Crippen LogP contribution >= 0.6 is 0 Å². The lowest BCUT2D eigenvalue weighted by molar-refractivity contribution is -0.107. The number of hydrogen-bond donors (Lipinski definition) is 1. The van der Waals surface area contributed by atoms with Crippen LogP contribution in [0.5, 0.6) is 0 Å². The molecule has 5 nitrogen and oxygen atoms in total. The lowest BCUT2D eigenvalue weighted by Crippen LogP contribution is -2.22. The van der Waals surface area contributed by atoms with Crippen LogP contribution in [0.2, 0.25) is 0 Å². The monoisotopic (exact) mass is 210 g/mol. The third-order valence-corrected chi connectivity index (χ3v) is 2.20. The van der Waals surface area contributed by atoms with E-state index in [1.807, 2.05) is 24.6 Å². The third-order valence-electron chi connectivity index (χ3n) is 2.20. The van der Waals surface area contributed by atoms with Crippen molar-refractivity contribution in [1.82, 2.24) is 9.78 Å². The molecule has 1 aromatic rings. The Kier molecular flexibility index (Phi) is 3.85. The maximum atomic E-state index is 10.7. The van der Waals surface area contributed by atoms with Gasteiger partial charge in [0.05, 0.1) is 5.69 Å². The number of carbonyl (C=O) groups excluding carboxylic acids is 1. The fraction of sp³-hybridized carbons (Fsp3) is 0.600. The summed E-state index contributed by atoms with van der Waals surface area (Å²) >= 11 is 0. The molecule has 0 aromatic carbocycles. The molecule has 1 rings (SSSR count). The van der Waals surface area contributed by atoms with Gasteiger partial charge in [-0.15, -0.1) is 0 Å². The Morgan fingerprint density at radius 3 is 2.93 bits per heavy atom. The topological polar surface area (TPSA) is 64.2 Å². The van der Waals surface area contributed by atoms with E-state index in [0.717, 1.165) is 30.9 Å². The zero-order valence-corrected chi connectivity index (χ0v) is 9.47. The van der Waals surface area contributed by atoms with E-state index in [4.69, 9.17) is 5.73 Å². The van der Waals surface area contributed by atoms with Gasteiger partial charge in [0.25, 0.3) is 0 Å². The van der Waals surface area contributed by atoms with Crippen molar-refractivity contribution >= 4 is 12.2 Å². The lowest BCUT2D eigenvalue weighted by atomic mass is 10.2. The van der Waals surface area contributed by atoms with Gasteiger partial charge in [0.2, 0.25) is 6.41 Å². The number of rotatable bonds is 5. The van der Waals surface area contributed by atoms with E-state index in [1.165, 1.54) is 4.90 Å². The van der Waals surface area contributed by atoms with E-state index in [1.54, 1.807) is 7.05 Å². The largest absolute Gasteiger partial charge is 0.328 e. The number of hydrogen-bond acceptors (Lipinski definition) is 3. The maximum Gasteiger partial charge on any atom is 0.215 e. The van der Waals surface area contributed by atoms with Gasteiger partial charge in [-0.25, -0.2) is 4.68 Å². The highest BCUT2D eigenvalue weighted by Crippen LogP contribution is 2.14. The number of anilines is 1. The molecule has 1 amide bonds. The van der Waals surface area contributed by atoms with E-state index in [-0.39, 0.29) is 6.04 Å². The highest BCUT2D eigenvalue weighted by molar-refractivity contribution is 5.72. The molecule has 0 bridgehead atoms. The van der Waals surface area contributed by atoms with E-state index in [2.05, 4.69) is 5.10 Å². The summed E-state index contributed by atoms with van der Waals surface area (Å²) in [5.74, 6) is 0.808. The number of nitrogens with zero attached hydrogens (tertiary/aromatic N) is 3. The maximum absolute atomic E-state index is 10.7. The van der Waals surface area contributed by atoms with E-state index in [0.29, 0.717) is 0 Å². The van der Waals surface area contributed by atoms with Crippen LogP contribution < -0.4 is 10.6 Å². The second kappa shape index (κ2) is 4.93. The number of nitrogens with two attached hydrogens (primary N) is 1. The molecule has 0 spiro atoms. The van der Waals surface area contributed by atoms with Gasteiger partial charge in [0.15, 0.2) is 0 Å². The molecule has 2 N–H and O–H groups in total. The zero-order valence-electron chi connectivity index (χ0n) is 9.47. The quantitative estimate of drug-likeness (QED) is 0.721. The van der Waals surface area contributed by atoms with Gasteiger partial charge in [0, 0.05) is 25.7 Å². The summed E-state index contributed by atoms with van der Waals surface area (Å²) in [6.45, 7) is 4.60. The van der Waals surface area contributed by atoms with Gasteiger partial charge < -0.3 is 10.6 Å². The molecule has 0 saturated carbocycles. The number of aryl methyl sites for hydroxylation is 2. The Morgan fingerprint density at radius 2 is 2.40 bits per heavy atom. The number of carbonyl (C=O) groups is 1. The minimum absolute atomic E-state index is 0.142. The van der Waals surface area contributed by atoms with E-state index in [9.17, 15) is 4.79 Å². The summed E-state index contributed by atoms with van der Waals surface area (Å²) in [5, 5.41) is 4.31. The lowest BCUT2D eigenvalue weighted by Gasteiger charge is -2.13. The molecule has 0 fully saturated rings. The molecule has 84 valence electrons. The van der Waals surface area contributed by atoms with Crippen molar-refractivity contribution in [1.29, 1.82) is 0 Å². The number of aromatic nitrogens is 2. The number of amides is 1. The van der Waals surface area contributed by atoms with Gasteiger partial charge >= 0.3 is 0 Å². The van der Waals surface area contributed by atoms with Crippen LogP contribution in [0.4, 0.5) is 5.82 Å². The van der Waals surface area contributed by atoms with E-state index >= 15 is 0 Å². The summed E-state index contributed by atoms with van der Waals surface area (Å²) in [6, 6.07) is 2.03. The molecule has 5 heteroatoms. The average Bonchev–Trinajstić information content (AvgIpc) is 2.55. The van der Waals surface area contributed by atoms with Crippen LogP contribution in [-0.4, -0.2) is 29.3 Å². The predicted molar refractivity (Wildman–Crippen MR) is 59.7 cm³/mol. The highest BCUT2D eigenvalue weighted by Gasteiger charge is 2.09. The van der Waals surface area contributed by atoms with Crippen molar-refractivity contribution in [3.8, 4) is 0 Å². The van der Waals surface area contributed by atoms with Crippen molar-refractivity contribution in [2.45, 2.75) is 32.9 Å². The van der Waals surface area contributed by atoms with Crippen LogP contribution in [0.25, 0.3) is 0 Å². The van der Waals surface area contributed by atoms with Crippen LogP contribution in [0.1, 0.15) is 19.0 Å². The Morgan fingerprint density at radius 1 is 1.73 bits per heavy atom. The first kappa shape index (κ1) is 11.7. The minimum atomic E-state index is 0.142. The Hall–Kier alpha value is -1.36. The van der Waals surface area contributed by atoms with Crippen molar-refractivity contribution in [2.75, 3.05) is 11.9 Å². The van der Waals surface area contributed by atoms with Crippen molar-refractivity contribution in [3.63, 3.8) is 0 Å². The molecule has 1 unspecified atom stereocenters. The molecular formula is C10H18N4O. The molecular weight excluding hydrogens is 192 g/mol. The van der Waals surface area contributed by atoms with E-state index < -0.39 is 0 Å². The SMILES string of the molecule is Cc1cc(N(C)C=O)n(CCC(C)N)n1. The van der Waals surface area contributed by atoms with Gasteiger partial charge in [0.1, 0.15) is 5.82 Å². The van der Waals surface area contributed by atoms with Crippen LogP contribution in [0, 0.1) is 6.92 Å². The van der Waals surface area contributed by atoms with Crippen LogP contribution in [-0.2, 0) is 11.3 Å². The summed E-state index contributed by atoms with van der Waals surface area (Å²) in [4.78, 5) is 12.2. The highest BCUT2D eigenvalue weighted by atomic mass is 16.1. The summed E-state index contributed by atoms with van der Waals surface area (Å²) in [5.41, 5.74) is 6.59. The molecule has 1 heterocycles. The molecule has 1 atom stereocenters. The minimum Gasteiger partial charge on any atom is -0.328 e. The van der Waals surface area contributed by atoms with Crippen molar-refractivity contribution in [2.24, 2.45) is 5.73 Å². The molecule has 15 heavy (non-hydrogen) atoms. The summed E-state index contributed by atoms with van der Waals surface area (Å²) in [6.07, 6.45) is 1.62. The fourth-order valence-corrected chi connectivity index (χ4v) is 1.36. The predicted octanol–water partition coefficient (Wildman–Crippen LogP) is 0.521. The van der Waals surface area contributed by atoms with Crippen molar-refractivity contribution < 1.29 is 4.79 Å². The second-order valence-electron chi connectivity index (χ2n) is 3.85. The molecule has 0 aliphatic rings. The average molecular weight is 210 g/mol. The standard InChI is InChI=1S/C10H18N4O/c1-8(11)4-5-14-10(13(3)7-15)6-9(2)12-14/h6-8H,4-5,11H2,1-3H3. The second-order valence-corrected chi connectivity index (χ2v) is 3.85. The summed E-state index contributed by atoms with van der Waals surface area (Å²) in [7, 11) is 1.71. The van der Waals surface area contributed by atoms with Gasteiger partial charge in [-0.05, 0) is 20.3 Å². The first-order chi connectivity index (χ1) is 7.04. The first-order valence-corrected chi connectivity index (χ1v) is 5.02.